The average Bonchev–Trinajstić information content (AvgIpc) is 2.33. The van der Waals surface area contributed by atoms with Gasteiger partial charge in [-0.15, -0.1) is 6.58 Å². The number of rotatable bonds is 10. The molecule has 0 fully saturated rings. The molecule has 0 heterocycles. The van der Waals surface area contributed by atoms with Crippen LogP contribution in [0.15, 0.2) is 12.7 Å². The minimum Gasteiger partial charge on any atom is -0.103 e. The maximum Gasteiger partial charge on any atom is -0.0239 e. The average molecular weight is 224 g/mol. The van der Waals surface area contributed by atoms with Crippen LogP contribution in [0.3, 0.4) is 0 Å². The molecule has 0 N–H and O–H groups in total. The van der Waals surface area contributed by atoms with Gasteiger partial charge in [0.25, 0.3) is 0 Å². The van der Waals surface area contributed by atoms with Crippen molar-refractivity contribution in [2.75, 3.05) is 0 Å². The molecule has 0 radical (unpaired) electrons. The Labute approximate surface area is 104 Å². The predicted octanol–water partition coefficient (Wildman–Crippen LogP) is 5.83. The third-order valence-corrected chi connectivity index (χ3v) is 4.15. The summed E-state index contributed by atoms with van der Waals surface area (Å²) in [5.41, 5.74) is 0. The van der Waals surface area contributed by atoms with Crippen molar-refractivity contribution < 1.29 is 0 Å². The highest BCUT2D eigenvalue weighted by Gasteiger charge is 2.10. The molecular weight excluding hydrogens is 192 g/mol. The second kappa shape index (κ2) is 9.93. The van der Waals surface area contributed by atoms with Gasteiger partial charge in [-0.1, -0.05) is 59.5 Å². The van der Waals surface area contributed by atoms with Gasteiger partial charge >= 0.3 is 0 Å². The minimum absolute atomic E-state index is 0.748. The maximum atomic E-state index is 3.92. The molecule has 0 aliphatic carbocycles. The highest BCUT2D eigenvalue weighted by Crippen LogP contribution is 2.24. The Morgan fingerprint density at radius 2 is 1.50 bits per heavy atom. The topological polar surface area (TPSA) is 0 Å². The van der Waals surface area contributed by atoms with Gasteiger partial charge in [0.05, 0.1) is 0 Å². The molecule has 0 heteroatoms. The largest absolute Gasteiger partial charge is 0.103 e. The third kappa shape index (κ3) is 7.09. The highest BCUT2D eigenvalue weighted by molar-refractivity contribution is 4.78. The van der Waals surface area contributed by atoms with E-state index in [4.69, 9.17) is 0 Å². The van der Waals surface area contributed by atoms with Crippen LogP contribution < -0.4 is 0 Å². The Morgan fingerprint density at radius 3 is 1.94 bits per heavy atom. The van der Waals surface area contributed by atoms with E-state index in [1.165, 1.54) is 44.9 Å². The molecule has 0 aromatic carbocycles. The van der Waals surface area contributed by atoms with Crippen molar-refractivity contribution in [1.29, 1.82) is 0 Å². The van der Waals surface area contributed by atoms with Crippen LogP contribution in [0.4, 0.5) is 0 Å². The Balaban J connectivity index is 3.77. The van der Waals surface area contributed by atoms with Crippen LogP contribution in [0, 0.1) is 17.8 Å². The molecule has 0 saturated heterocycles. The number of allylic oxidation sites excluding steroid dienone is 1. The summed E-state index contributed by atoms with van der Waals surface area (Å²) in [6, 6.07) is 0. The summed E-state index contributed by atoms with van der Waals surface area (Å²) in [5, 5.41) is 0. The van der Waals surface area contributed by atoms with Crippen molar-refractivity contribution >= 4 is 0 Å². The van der Waals surface area contributed by atoms with Crippen molar-refractivity contribution in [3.05, 3.63) is 12.7 Å². The molecule has 0 aromatic heterocycles. The lowest BCUT2D eigenvalue weighted by Crippen LogP contribution is -2.05. The lowest BCUT2D eigenvalue weighted by atomic mass is 9.87. The summed E-state index contributed by atoms with van der Waals surface area (Å²) in [4.78, 5) is 0. The van der Waals surface area contributed by atoms with Gasteiger partial charge in [-0.25, -0.2) is 0 Å². The van der Waals surface area contributed by atoms with Crippen LogP contribution in [0.5, 0.6) is 0 Å². The zero-order chi connectivity index (χ0) is 12.4. The molecule has 0 nitrogen and oxygen atoms in total. The van der Waals surface area contributed by atoms with E-state index in [0.717, 1.165) is 17.8 Å². The Bertz CT molecular complexity index is 159. The Morgan fingerprint density at radius 1 is 0.875 bits per heavy atom. The zero-order valence-corrected chi connectivity index (χ0v) is 12.0. The third-order valence-electron chi connectivity index (χ3n) is 4.15. The normalized spacial score (nSPS) is 16.8. The quantitative estimate of drug-likeness (QED) is 0.409. The molecule has 16 heavy (non-hydrogen) atoms. The van der Waals surface area contributed by atoms with Crippen molar-refractivity contribution in [3.8, 4) is 0 Å². The number of hydrogen-bond acceptors (Lipinski definition) is 0. The Hall–Kier alpha value is -0.260. The molecule has 0 spiro atoms. The summed E-state index contributed by atoms with van der Waals surface area (Å²) in [5.74, 6) is 2.61. The summed E-state index contributed by atoms with van der Waals surface area (Å²) < 4.78 is 0. The fourth-order valence-electron chi connectivity index (χ4n) is 2.22. The summed E-state index contributed by atoms with van der Waals surface area (Å²) >= 11 is 0. The van der Waals surface area contributed by atoms with Crippen LogP contribution in [0.25, 0.3) is 0 Å². The molecule has 3 atom stereocenters. The fourth-order valence-corrected chi connectivity index (χ4v) is 2.22. The summed E-state index contributed by atoms with van der Waals surface area (Å²) in [6.07, 6.45) is 11.7. The first-order valence-corrected chi connectivity index (χ1v) is 7.30. The smallest absolute Gasteiger partial charge is 0.0239 e. The van der Waals surface area contributed by atoms with Gasteiger partial charge in [0, 0.05) is 0 Å². The van der Waals surface area contributed by atoms with E-state index < -0.39 is 0 Å². The van der Waals surface area contributed by atoms with Gasteiger partial charge in [0.2, 0.25) is 0 Å². The summed E-state index contributed by atoms with van der Waals surface area (Å²) in [7, 11) is 0. The van der Waals surface area contributed by atoms with Gasteiger partial charge < -0.3 is 0 Å². The second-order valence-electron chi connectivity index (χ2n) is 5.35. The van der Waals surface area contributed by atoms with Crippen LogP contribution in [0.1, 0.15) is 72.6 Å². The first-order valence-electron chi connectivity index (χ1n) is 7.30. The van der Waals surface area contributed by atoms with Crippen molar-refractivity contribution in [1.82, 2.24) is 0 Å². The number of hydrogen-bond donors (Lipinski definition) is 0. The van der Waals surface area contributed by atoms with E-state index in [1.807, 2.05) is 0 Å². The van der Waals surface area contributed by atoms with Crippen LogP contribution in [-0.2, 0) is 0 Å². The molecule has 0 bridgehead atoms. The van der Waals surface area contributed by atoms with Gasteiger partial charge in [-0.2, -0.15) is 0 Å². The molecular formula is C16H32. The second-order valence-corrected chi connectivity index (χ2v) is 5.35. The lowest BCUT2D eigenvalue weighted by molar-refractivity contribution is 0.351. The molecule has 0 amide bonds. The molecule has 0 aliphatic heterocycles. The van der Waals surface area contributed by atoms with Gasteiger partial charge in [-0.05, 0) is 37.0 Å². The van der Waals surface area contributed by atoms with Gasteiger partial charge in [0.1, 0.15) is 0 Å². The summed E-state index contributed by atoms with van der Waals surface area (Å²) in [6.45, 7) is 13.2. The minimum atomic E-state index is 0.748. The van der Waals surface area contributed by atoms with Gasteiger partial charge in [0.15, 0.2) is 0 Å². The van der Waals surface area contributed by atoms with E-state index in [-0.39, 0.29) is 0 Å². The standard InChI is InChI=1S/C16H32/c1-6-14(5)10-11-16(9-4)13-12-15(7-2)8-3/h7,14-16H,2,6,8-13H2,1,3-5H3. The molecule has 0 saturated carbocycles. The Kier molecular flexibility index (Phi) is 9.77. The SMILES string of the molecule is C=CC(CC)CCC(CC)CCC(C)CC. The van der Waals surface area contributed by atoms with E-state index in [2.05, 4.69) is 40.3 Å². The van der Waals surface area contributed by atoms with Crippen LogP contribution >= 0.6 is 0 Å². The monoisotopic (exact) mass is 224 g/mol. The molecule has 0 aromatic rings. The molecule has 3 unspecified atom stereocenters. The molecule has 0 rings (SSSR count). The van der Waals surface area contributed by atoms with Crippen LogP contribution in [-0.4, -0.2) is 0 Å². The van der Waals surface area contributed by atoms with E-state index >= 15 is 0 Å². The first kappa shape index (κ1) is 15.7. The molecule has 0 aliphatic rings. The molecule has 96 valence electrons. The lowest BCUT2D eigenvalue weighted by Gasteiger charge is -2.19. The van der Waals surface area contributed by atoms with Crippen molar-refractivity contribution in [2.45, 2.75) is 72.6 Å². The maximum absolute atomic E-state index is 3.92. The van der Waals surface area contributed by atoms with E-state index in [0.29, 0.717) is 0 Å². The highest BCUT2D eigenvalue weighted by atomic mass is 14.2. The first-order chi connectivity index (χ1) is 7.67. The fraction of sp³-hybridized carbons (Fsp3) is 0.875. The van der Waals surface area contributed by atoms with E-state index in [9.17, 15) is 0 Å². The van der Waals surface area contributed by atoms with Crippen molar-refractivity contribution in [2.24, 2.45) is 17.8 Å². The van der Waals surface area contributed by atoms with Crippen LogP contribution in [0.2, 0.25) is 0 Å². The van der Waals surface area contributed by atoms with Crippen molar-refractivity contribution in [3.63, 3.8) is 0 Å². The zero-order valence-electron chi connectivity index (χ0n) is 12.0. The van der Waals surface area contributed by atoms with Gasteiger partial charge in [-0.3, -0.25) is 0 Å². The predicted molar refractivity (Wildman–Crippen MR) is 75.7 cm³/mol. The van der Waals surface area contributed by atoms with E-state index in [1.54, 1.807) is 0 Å².